The molecule has 90 valence electrons. The van der Waals surface area contributed by atoms with Gasteiger partial charge in [0, 0.05) is 12.7 Å². The fourth-order valence-electron chi connectivity index (χ4n) is 1.37. The summed E-state index contributed by atoms with van der Waals surface area (Å²) in [6, 6.07) is 3.57. The van der Waals surface area contributed by atoms with Crippen LogP contribution < -0.4 is 5.32 Å². The summed E-state index contributed by atoms with van der Waals surface area (Å²) in [5.41, 5.74) is 1.56. The van der Waals surface area contributed by atoms with Crippen molar-refractivity contribution in [2.24, 2.45) is 0 Å². The van der Waals surface area contributed by atoms with Crippen molar-refractivity contribution in [2.45, 2.75) is 13.2 Å². The van der Waals surface area contributed by atoms with Crippen molar-refractivity contribution in [1.82, 2.24) is 4.98 Å². The van der Waals surface area contributed by atoms with E-state index in [0.29, 0.717) is 28.2 Å². The number of rotatable bonds is 4. The van der Waals surface area contributed by atoms with Gasteiger partial charge in [0.05, 0.1) is 5.69 Å². The molecule has 0 amide bonds. The molecule has 17 heavy (non-hydrogen) atoms. The predicted molar refractivity (Wildman–Crippen MR) is 66.2 cm³/mol. The Morgan fingerprint density at radius 1 is 1.35 bits per heavy atom. The molecular weight excluding hydrogens is 263 g/mol. The number of aliphatic hydroxyl groups is 1. The zero-order valence-corrected chi connectivity index (χ0v) is 10.3. The first-order valence-electron chi connectivity index (χ1n) is 4.91. The Hall–Kier alpha value is -1.23. The smallest absolute Gasteiger partial charge is 0.153 e. The average Bonchev–Trinajstić information content (AvgIpc) is 2.69. The number of halogens is 2. The largest absolute Gasteiger partial charge is 0.463 e. The van der Waals surface area contributed by atoms with Gasteiger partial charge in [-0.25, -0.2) is 4.98 Å². The average molecular weight is 273 g/mol. The second-order valence-electron chi connectivity index (χ2n) is 3.38. The lowest BCUT2D eigenvalue weighted by Crippen LogP contribution is -2.01. The predicted octanol–water partition coefficient (Wildman–Crippen LogP) is 3.09. The molecule has 0 bridgehead atoms. The minimum atomic E-state index is -0.200. The first-order chi connectivity index (χ1) is 8.20. The number of furan rings is 1. The zero-order chi connectivity index (χ0) is 12.3. The molecule has 0 radical (unpaired) electrons. The first kappa shape index (κ1) is 12.2. The summed E-state index contributed by atoms with van der Waals surface area (Å²) in [4.78, 5) is 3.96. The van der Waals surface area contributed by atoms with Gasteiger partial charge in [-0.15, -0.1) is 0 Å². The van der Waals surface area contributed by atoms with E-state index in [4.69, 9.17) is 32.7 Å². The standard InChI is InChI=1S/C11H10Cl2N2O2/c12-8-6-17-9(5-16)11(8)15-4-7-1-2-10(13)14-3-7/h1-3,6,15-16H,4-5H2. The summed E-state index contributed by atoms with van der Waals surface area (Å²) in [5.74, 6) is 0.414. The number of hydrogen-bond donors (Lipinski definition) is 2. The molecule has 0 aliphatic carbocycles. The maximum atomic E-state index is 9.04. The lowest BCUT2D eigenvalue weighted by atomic mass is 10.3. The number of aliphatic hydroxyl groups excluding tert-OH is 1. The van der Waals surface area contributed by atoms with Crippen LogP contribution in [0.1, 0.15) is 11.3 Å². The van der Waals surface area contributed by atoms with Crippen LogP contribution >= 0.6 is 23.2 Å². The molecule has 0 unspecified atom stereocenters. The molecule has 0 saturated carbocycles. The SMILES string of the molecule is OCc1occ(Cl)c1NCc1ccc(Cl)nc1. The Morgan fingerprint density at radius 3 is 2.82 bits per heavy atom. The van der Waals surface area contributed by atoms with Gasteiger partial charge in [-0.05, 0) is 11.6 Å². The van der Waals surface area contributed by atoms with Crippen LogP contribution in [0.5, 0.6) is 0 Å². The zero-order valence-electron chi connectivity index (χ0n) is 8.78. The summed E-state index contributed by atoms with van der Waals surface area (Å²) < 4.78 is 5.07. The van der Waals surface area contributed by atoms with Crippen LogP contribution in [0, 0.1) is 0 Å². The van der Waals surface area contributed by atoms with E-state index in [1.54, 1.807) is 12.3 Å². The lowest BCUT2D eigenvalue weighted by Gasteiger charge is -2.06. The minimum absolute atomic E-state index is 0.200. The molecular formula is C11H10Cl2N2O2. The summed E-state index contributed by atoms with van der Waals surface area (Å²) in [6.07, 6.45) is 3.05. The number of anilines is 1. The second kappa shape index (κ2) is 5.40. The molecule has 2 N–H and O–H groups in total. The Bertz CT molecular complexity index is 497. The highest BCUT2D eigenvalue weighted by Gasteiger charge is 2.10. The third-order valence-corrected chi connectivity index (χ3v) is 2.73. The number of nitrogens with zero attached hydrogens (tertiary/aromatic N) is 1. The van der Waals surface area contributed by atoms with Gasteiger partial charge in [0.1, 0.15) is 23.0 Å². The normalized spacial score (nSPS) is 10.5. The lowest BCUT2D eigenvalue weighted by molar-refractivity contribution is 0.248. The molecule has 0 aliphatic rings. The van der Waals surface area contributed by atoms with Crippen LogP contribution in [0.2, 0.25) is 10.2 Å². The fourth-order valence-corrected chi connectivity index (χ4v) is 1.70. The van der Waals surface area contributed by atoms with E-state index in [0.717, 1.165) is 5.56 Å². The van der Waals surface area contributed by atoms with E-state index in [2.05, 4.69) is 10.3 Å². The number of nitrogens with one attached hydrogen (secondary N) is 1. The van der Waals surface area contributed by atoms with Crippen molar-refractivity contribution >= 4 is 28.9 Å². The van der Waals surface area contributed by atoms with Crippen LogP contribution in [0.4, 0.5) is 5.69 Å². The molecule has 2 rings (SSSR count). The van der Waals surface area contributed by atoms with Crippen LogP contribution in [0.15, 0.2) is 29.0 Å². The van der Waals surface area contributed by atoms with E-state index in [1.165, 1.54) is 6.26 Å². The number of aromatic nitrogens is 1. The van der Waals surface area contributed by atoms with Gasteiger partial charge >= 0.3 is 0 Å². The van der Waals surface area contributed by atoms with Gasteiger partial charge in [0.15, 0.2) is 5.76 Å². The Kier molecular flexibility index (Phi) is 3.89. The van der Waals surface area contributed by atoms with E-state index in [-0.39, 0.29) is 6.61 Å². The number of hydrogen-bond acceptors (Lipinski definition) is 4. The monoisotopic (exact) mass is 272 g/mol. The van der Waals surface area contributed by atoms with E-state index in [9.17, 15) is 0 Å². The van der Waals surface area contributed by atoms with Gasteiger partial charge in [0.2, 0.25) is 0 Å². The highest BCUT2D eigenvalue weighted by molar-refractivity contribution is 6.33. The van der Waals surface area contributed by atoms with Crippen molar-refractivity contribution in [2.75, 3.05) is 5.32 Å². The van der Waals surface area contributed by atoms with Crippen LogP contribution in [-0.2, 0) is 13.2 Å². The van der Waals surface area contributed by atoms with Gasteiger partial charge in [0.25, 0.3) is 0 Å². The number of pyridine rings is 1. The first-order valence-corrected chi connectivity index (χ1v) is 5.67. The van der Waals surface area contributed by atoms with Crippen molar-refractivity contribution in [3.63, 3.8) is 0 Å². The Balaban J connectivity index is 2.06. The summed E-state index contributed by atoms with van der Waals surface area (Å²) in [6.45, 7) is 0.324. The third kappa shape index (κ3) is 2.91. The Morgan fingerprint density at radius 2 is 2.18 bits per heavy atom. The van der Waals surface area contributed by atoms with Crippen LogP contribution in [-0.4, -0.2) is 10.1 Å². The fraction of sp³-hybridized carbons (Fsp3) is 0.182. The summed E-state index contributed by atoms with van der Waals surface area (Å²) >= 11 is 11.6. The van der Waals surface area contributed by atoms with Crippen molar-refractivity contribution in [3.05, 3.63) is 46.1 Å². The molecule has 4 nitrogen and oxygen atoms in total. The Labute approximate surface area is 108 Å². The highest BCUT2D eigenvalue weighted by Crippen LogP contribution is 2.28. The van der Waals surface area contributed by atoms with Crippen LogP contribution in [0.3, 0.4) is 0 Å². The van der Waals surface area contributed by atoms with Crippen molar-refractivity contribution < 1.29 is 9.52 Å². The van der Waals surface area contributed by atoms with Gasteiger partial charge in [-0.2, -0.15) is 0 Å². The van der Waals surface area contributed by atoms with E-state index < -0.39 is 0 Å². The molecule has 6 heteroatoms. The van der Waals surface area contributed by atoms with Crippen molar-refractivity contribution in [1.29, 1.82) is 0 Å². The topological polar surface area (TPSA) is 58.3 Å². The van der Waals surface area contributed by atoms with Gasteiger partial charge in [-0.3, -0.25) is 0 Å². The van der Waals surface area contributed by atoms with Crippen LogP contribution in [0.25, 0.3) is 0 Å². The summed E-state index contributed by atoms with van der Waals surface area (Å²) in [5, 5.41) is 13.0. The highest BCUT2D eigenvalue weighted by atomic mass is 35.5. The maximum absolute atomic E-state index is 9.04. The van der Waals surface area contributed by atoms with E-state index >= 15 is 0 Å². The molecule has 0 aliphatic heterocycles. The van der Waals surface area contributed by atoms with Crippen molar-refractivity contribution in [3.8, 4) is 0 Å². The molecule has 0 fully saturated rings. The molecule has 0 aromatic carbocycles. The summed E-state index contributed by atoms with van der Waals surface area (Å²) in [7, 11) is 0. The second-order valence-corrected chi connectivity index (χ2v) is 4.18. The molecule has 2 aromatic rings. The van der Waals surface area contributed by atoms with Gasteiger partial charge < -0.3 is 14.8 Å². The quantitative estimate of drug-likeness (QED) is 0.840. The molecule has 0 atom stereocenters. The minimum Gasteiger partial charge on any atom is -0.463 e. The molecule has 2 heterocycles. The molecule has 0 saturated heterocycles. The van der Waals surface area contributed by atoms with E-state index in [1.807, 2.05) is 6.07 Å². The maximum Gasteiger partial charge on any atom is 0.153 e. The van der Waals surface area contributed by atoms with Gasteiger partial charge in [-0.1, -0.05) is 29.3 Å². The third-order valence-electron chi connectivity index (χ3n) is 2.22. The molecule has 0 spiro atoms. The molecule has 2 aromatic heterocycles.